The van der Waals surface area contributed by atoms with E-state index in [1.54, 1.807) is 11.4 Å². The second-order valence-electron chi connectivity index (χ2n) is 5.17. The zero-order valence-corrected chi connectivity index (χ0v) is 13.5. The number of nitrogens with one attached hydrogen (secondary N) is 2. The van der Waals surface area contributed by atoms with Crippen LogP contribution in [0.4, 0.5) is 5.00 Å². The molecule has 0 aliphatic rings. The van der Waals surface area contributed by atoms with Gasteiger partial charge in [-0.05, 0) is 30.9 Å². The van der Waals surface area contributed by atoms with Gasteiger partial charge in [-0.3, -0.25) is 9.48 Å². The van der Waals surface area contributed by atoms with Crippen LogP contribution >= 0.6 is 11.3 Å². The van der Waals surface area contributed by atoms with Gasteiger partial charge in [-0.25, -0.2) is 0 Å². The fraction of sp³-hybridized carbons (Fsp3) is 0.400. The summed E-state index contributed by atoms with van der Waals surface area (Å²) in [6.45, 7) is 5.41. The minimum atomic E-state index is -0.0893. The number of nitriles is 1. The van der Waals surface area contributed by atoms with Gasteiger partial charge < -0.3 is 10.6 Å². The first kappa shape index (κ1) is 16.2. The molecule has 0 unspecified atom stereocenters. The van der Waals surface area contributed by atoms with E-state index in [2.05, 4.69) is 28.7 Å². The Labute approximate surface area is 133 Å². The SMILES string of the molecule is Cc1cnn(C[C@@H](C)NCCC(=O)Nc2sccc2C#N)c1. The first-order valence-corrected chi connectivity index (χ1v) is 7.96. The Kier molecular flexibility index (Phi) is 5.69. The maximum atomic E-state index is 11.9. The number of hydrogen-bond acceptors (Lipinski definition) is 5. The predicted octanol–water partition coefficient (Wildman–Crippen LogP) is 2.13. The van der Waals surface area contributed by atoms with Crippen LogP contribution < -0.4 is 10.6 Å². The topological polar surface area (TPSA) is 82.7 Å². The van der Waals surface area contributed by atoms with Gasteiger partial charge in [-0.2, -0.15) is 10.4 Å². The Balaban J connectivity index is 1.69. The first-order chi connectivity index (χ1) is 10.6. The van der Waals surface area contributed by atoms with Gasteiger partial charge in [0.15, 0.2) is 0 Å². The third-order valence-corrected chi connectivity index (χ3v) is 3.94. The third kappa shape index (κ3) is 4.69. The lowest BCUT2D eigenvalue weighted by Crippen LogP contribution is -2.33. The molecule has 0 saturated carbocycles. The lowest BCUT2D eigenvalue weighted by molar-refractivity contribution is -0.116. The van der Waals surface area contributed by atoms with Crippen molar-refractivity contribution in [3.63, 3.8) is 0 Å². The first-order valence-electron chi connectivity index (χ1n) is 7.08. The lowest BCUT2D eigenvalue weighted by atomic mass is 10.3. The summed E-state index contributed by atoms with van der Waals surface area (Å²) in [5.74, 6) is -0.0893. The highest BCUT2D eigenvalue weighted by Crippen LogP contribution is 2.22. The summed E-state index contributed by atoms with van der Waals surface area (Å²) in [4.78, 5) is 11.9. The smallest absolute Gasteiger partial charge is 0.226 e. The molecule has 0 aliphatic carbocycles. The van der Waals surface area contributed by atoms with Crippen LogP contribution in [0.3, 0.4) is 0 Å². The molecule has 116 valence electrons. The van der Waals surface area contributed by atoms with E-state index in [1.165, 1.54) is 11.3 Å². The van der Waals surface area contributed by atoms with Crippen LogP contribution in [0, 0.1) is 18.3 Å². The van der Waals surface area contributed by atoms with Crippen LogP contribution in [0.5, 0.6) is 0 Å². The van der Waals surface area contributed by atoms with Crippen LogP contribution in [0.25, 0.3) is 0 Å². The normalized spacial score (nSPS) is 11.9. The molecule has 2 heterocycles. The third-order valence-electron chi connectivity index (χ3n) is 3.11. The second-order valence-corrected chi connectivity index (χ2v) is 6.08. The van der Waals surface area contributed by atoms with E-state index in [4.69, 9.17) is 5.26 Å². The van der Waals surface area contributed by atoms with Crippen molar-refractivity contribution in [1.82, 2.24) is 15.1 Å². The van der Waals surface area contributed by atoms with Crippen molar-refractivity contribution in [2.45, 2.75) is 32.9 Å². The molecule has 2 aromatic heterocycles. The molecule has 1 amide bonds. The van der Waals surface area contributed by atoms with Crippen molar-refractivity contribution in [2.24, 2.45) is 0 Å². The lowest BCUT2D eigenvalue weighted by Gasteiger charge is -2.13. The number of aromatic nitrogens is 2. The highest BCUT2D eigenvalue weighted by Gasteiger charge is 2.09. The maximum absolute atomic E-state index is 11.9. The summed E-state index contributed by atoms with van der Waals surface area (Å²) in [6.07, 6.45) is 4.18. The van der Waals surface area contributed by atoms with Crippen LogP contribution in [-0.4, -0.2) is 28.3 Å². The molecule has 0 spiro atoms. The fourth-order valence-electron chi connectivity index (χ4n) is 2.03. The van der Waals surface area contributed by atoms with Crippen molar-refractivity contribution in [1.29, 1.82) is 5.26 Å². The van der Waals surface area contributed by atoms with Gasteiger partial charge in [-0.1, -0.05) is 0 Å². The number of aryl methyl sites for hydroxylation is 1. The highest BCUT2D eigenvalue weighted by atomic mass is 32.1. The van der Waals surface area contributed by atoms with E-state index < -0.39 is 0 Å². The monoisotopic (exact) mass is 317 g/mol. The van der Waals surface area contributed by atoms with Crippen molar-refractivity contribution in [2.75, 3.05) is 11.9 Å². The van der Waals surface area contributed by atoms with E-state index in [0.29, 0.717) is 23.5 Å². The highest BCUT2D eigenvalue weighted by molar-refractivity contribution is 7.14. The summed E-state index contributed by atoms with van der Waals surface area (Å²) >= 11 is 1.36. The molecule has 22 heavy (non-hydrogen) atoms. The number of carbonyl (C=O) groups is 1. The quantitative estimate of drug-likeness (QED) is 0.819. The van der Waals surface area contributed by atoms with Gasteiger partial charge in [-0.15, -0.1) is 11.3 Å². The van der Waals surface area contributed by atoms with E-state index in [0.717, 1.165) is 12.1 Å². The number of amides is 1. The fourth-order valence-corrected chi connectivity index (χ4v) is 2.78. The zero-order valence-electron chi connectivity index (χ0n) is 12.7. The second kappa shape index (κ2) is 7.73. The molecule has 7 heteroatoms. The Morgan fingerprint density at radius 3 is 3.09 bits per heavy atom. The summed E-state index contributed by atoms with van der Waals surface area (Å²) in [5.41, 5.74) is 1.64. The van der Waals surface area contributed by atoms with Crippen molar-refractivity contribution < 1.29 is 4.79 Å². The molecule has 0 aliphatic heterocycles. The van der Waals surface area contributed by atoms with Gasteiger partial charge in [0.1, 0.15) is 11.1 Å². The molecule has 0 bridgehead atoms. The Bertz CT molecular complexity index is 670. The molecular formula is C15H19N5OS. The molecule has 0 aromatic carbocycles. The molecule has 1 atom stereocenters. The van der Waals surface area contributed by atoms with Gasteiger partial charge in [0, 0.05) is 25.2 Å². The molecule has 2 aromatic rings. The van der Waals surface area contributed by atoms with Crippen molar-refractivity contribution in [3.05, 3.63) is 35.0 Å². The molecule has 0 fully saturated rings. The summed E-state index contributed by atoms with van der Waals surface area (Å²) in [5, 5.41) is 21.6. The van der Waals surface area contributed by atoms with E-state index in [1.807, 2.05) is 24.0 Å². The van der Waals surface area contributed by atoms with Gasteiger partial charge in [0.2, 0.25) is 5.91 Å². The van der Waals surface area contributed by atoms with Crippen LogP contribution in [-0.2, 0) is 11.3 Å². The number of carbonyl (C=O) groups excluding carboxylic acids is 1. The molecule has 2 rings (SSSR count). The standard InChI is InChI=1S/C15H19N5OS/c1-11-8-18-20(9-11)10-12(2)17-5-3-14(21)19-15-13(7-16)4-6-22-15/h4,6,8-9,12,17H,3,5,10H2,1-2H3,(H,19,21)/t12-/m1/s1. The van der Waals surface area contributed by atoms with Gasteiger partial charge in [0.05, 0.1) is 18.3 Å². The number of anilines is 1. The average molecular weight is 317 g/mol. The largest absolute Gasteiger partial charge is 0.317 e. The van der Waals surface area contributed by atoms with Crippen LogP contribution in [0.15, 0.2) is 23.8 Å². The minimum Gasteiger partial charge on any atom is -0.317 e. The summed E-state index contributed by atoms with van der Waals surface area (Å²) in [6, 6.07) is 3.98. The number of rotatable bonds is 7. The Hall–Kier alpha value is -2.17. The maximum Gasteiger partial charge on any atom is 0.226 e. The van der Waals surface area contributed by atoms with E-state index in [9.17, 15) is 4.79 Å². The van der Waals surface area contributed by atoms with Crippen molar-refractivity contribution >= 4 is 22.2 Å². The Morgan fingerprint density at radius 2 is 2.41 bits per heavy atom. The summed E-state index contributed by atoms with van der Waals surface area (Å²) in [7, 11) is 0. The molecular weight excluding hydrogens is 298 g/mol. The average Bonchev–Trinajstić information content (AvgIpc) is 3.07. The number of hydrogen-bond donors (Lipinski definition) is 2. The number of thiophene rings is 1. The van der Waals surface area contributed by atoms with Gasteiger partial charge in [0.25, 0.3) is 0 Å². The summed E-state index contributed by atoms with van der Waals surface area (Å²) < 4.78 is 1.89. The van der Waals surface area contributed by atoms with E-state index >= 15 is 0 Å². The van der Waals surface area contributed by atoms with Crippen molar-refractivity contribution in [3.8, 4) is 6.07 Å². The zero-order chi connectivity index (χ0) is 15.9. The van der Waals surface area contributed by atoms with Crippen LogP contribution in [0.2, 0.25) is 0 Å². The van der Waals surface area contributed by atoms with E-state index in [-0.39, 0.29) is 11.9 Å². The molecule has 6 nitrogen and oxygen atoms in total. The molecule has 2 N–H and O–H groups in total. The predicted molar refractivity (Wildman–Crippen MR) is 86.7 cm³/mol. The van der Waals surface area contributed by atoms with Crippen LogP contribution in [0.1, 0.15) is 24.5 Å². The molecule has 0 saturated heterocycles. The number of nitrogens with zero attached hydrogens (tertiary/aromatic N) is 3. The Morgan fingerprint density at radius 1 is 1.59 bits per heavy atom. The van der Waals surface area contributed by atoms with Gasteiger partial charge >= 0.3 is 0 Å². The molecule has 0 radical (unpaired) electrons. The minimum absolute atomic E-state index is 0.0893.